The molecule has 0 unspecified atom stereocenters. The number of hydrogen-bond acceptors (Lipinski definition) is 4. The predicted molar refractivity (Wildman–Crippen MR) is 57.4 cm³/mol. The minimum Gasteiger partial charge on any atom is -0.463 e. The maximum absolute atomic E-state index is 10.7. The molecule has 0 aliphatic carbocycles. The van der Waals surface area contributed by atoms with E-state index in [-0.39, 0.29) is 5.75 Å². The number of fused-ring (bicyclic) bond motifs is 1. The summed E-state index contributed by atoms with van der Waals surface area (Å²) in [6.45, 7) is 0. The molecule has 0 radical (unpaired) electrons. The van der Waals surface area contributed by atoms with Crippen LogP contribution in [-0.4, -0.2) is 19.2 Å². The van der Waals surface area contributed by atoms with Crippen LogP contribution in [0.25, 0.3) is 11.0 Å². The Balaban J connectivity index is 2.21. The van der Waals surface area contributed by atoms with Gasteiger partial charge in [-0.2, -0.15) is 0 Å². The minimum absolute atomic E-state index is 0.106. The van der Waals surface area contributed by atoms with Crippen LogP contribution < -0.4 is 0 Å². The van der Waals surface area contributed by atoms with Gasteiger partial charge in [-0.05, 0) is 12.1 Å². The van der Waals surface area contributed by atoms with Crippen molar-refractivity contribution in [1.29, 1.82) is 0 Å². The fourth-order valence-corrected chi connectivity index (χ4v) is 1.96. The van der Waals surface area contributed by atoms with Gasteiger partial charge in [-0.1, -0.05) is 0 Å². The zero-order valence-electron chi connectivity index (χ0n) is 7.68. The van der Waals surface area contributed by atoms with Crippen molar-refractivity contribution in [3.63, 3.8) is 0 Å². The molecule has 2 rings (SSSR count). The van der Waals surface area contributed by atoms with E-state index in [9.17, 15) is 8.42 Å². The molecule has 0 aliphatic rings. The molecule has 80 valence electrons. The van der Waals surface area contributed by atoms with Gasteiger partial charge in [0, 0.05) is 28.2 Å². The first kappa shape index (κ1) is 10.4. The van der Waals surface area contributed by atoms with Crippen molar-refractivity contribution >= 4 is 30.7 Å². The molecule has 0 N–H and O–H groups in total. The molecule has 15 heavy (non-hydrogen) atoms. The zero-order chi connectivity index (χ0) is 10.9. The maximum Gasteiger partial charge on any atom is 0.232 e. The van der Waals surface area contributed by atoms with Crippen LogP contribution in [0.3, 0.4) is 0 Å². The highest BCUT2D eigenvalue weighted by molar-refractivity contribution is 8.13. The number of aryl methyl sites for hydroxylation is 1. The Morgan fingerprint density at radius 1 is 1.47 bits per heavy atom. The van der Waals surface area contributed by atoms with E-state index >= 15 is 0 Å². The van der Waals surface area contributed by atoms with Crippen LogP contribution in [0.1, 0.15) is 5.69 Å². The molecule has 2 aromatic rings. The van der Waals surface area contributed by atoms with E-state index in [2.05, 4.69) is 4.98 Å². The summed E-state index contributed by atoms with van der Waals surface area (Å²) in [5.74, 6) is -0.106. The van der Waals surface area contributed by atoms with Crippen LogP contribution in [0.2, 0.25) is 0 Å². The van der Waals surface area contributed by atoms with Crippen molar-refractivity contribution in [2.75, 3.05) is 5.75 Å². The van der Waals surface area contributed by atoms with Gasteiger partial charge in [0.15, 0.2) is 5.58 Å². The summed E-state index contributed by atoms with van der Waals surface area (Å²) in [5.41, 5.74) is 1.38. The lowest BCUT2D eigenvalue weighted by Gasteiger charge is -1.97. The third-order valence-electron chi connectivity index (χ3n) is 2.00. The summed E-state index contributed by atoms with van der Waals surface area (Å²) in [4.78, 5) is 4.07. The second-order valence-electron chi connectivity index (χ2n) is 3.13. The average Bonchev–Trinajstić information content (AvgIpc) is 2.60. The summed E-state index contributed by atoms with van der Waals surface area (Å²) in [5, 5.41) is 0.909. The minimum atomic E-state index is -3.45. The second-order valence-corrected chi connectivity index (χ2v) is 6.02. The molecule has 2 heterocycles. The lowest BCUT2D eigenvalue weighted by atomic mass is 10.2. The van der Waals surface area contributed by atoms with Crippen molar-refractivity contribution in [3.05, 3.63) is 30.3 Å². The molecule has 4 nitrogen and oxygen atoms in total. The third kappa shape index (κ3) is 2.70. The van der Waals surface area contributed by atoms with Crippen molar-refractivity contribution in [3.8, 4) is 0 Å². The molecule has 6 heteroatoms. The molecule has 0 atom stereocenters. The van der Waals surface area contributed by atoms with E-state index in [1.807, 2.05) is 0 Å². The standard InChI is InChI=1S/C9H8ClNO3S/c10-15(12,13)4-2-8-5-7-1-3-14-9(7)6-11-8/h1,3,5-6H,2,4H2. The van der Waals surface area contributed by atoms with Crippen LogP contribution in [0.4, 0.5) is 0 Å². The number of halogens is 1. The Labute approximate surface area is 91.3 Å². The lowest BCUT2D eigenvalue weighted by Crippen LogP contribution is -2.02. The Morgan fingerprint density at radius 3 is 3.00 bits per heavy atom. The molecule has 0 saturated heterocycles. The van der Waals surface area contributed by atoms with Gasteiger partial charge >= 0.3 is 0 Å². The van der Waals surface area contributed by atoms with Crippen molar-refractivity contribution in [2.45, 2.75) is 6.42 Å². The molecule has 0 aromatic carbocycles. The first-order valence-electron chi connectivity index (χ1n) is 4.29. The van der Waals surface area contributed by atoms with Crippen molar-refractivity contribution < 1.29 is 12.8 Å². The highest BCUT2D eigenvalue weighted by Gasteiger charge is 2.07. The lowest BCUT2D eigenvalue weighted by molar-refractivity contribution is 0.608. The fraction of sp³-hybridized carbons (Fsp3) is 0.222. The highest BCUT2D eigenvalue weighted by atomic mass is 35.7. The molecule has 0 aliphatic heterocycles. The molecule has 0 amide bonds. The number of rotatable bonds is 3. The Bertz CT molecular complexity index is 576. The highest BCUT2D eigenvalue weighted by Crippen LogP contribution is 2.15. The summed E-state index contributed by atoms with van der Waals surface area (Å²) in [6, 6.07) is 3.59. The summed E-state index contributed by atoms with van der Waals surface area (Å²) in [7, 11) is 1.65. The monoisotopic (exact) mass is 245 g/mol. The third-order valence-corrected chi connectivity index (χ3v) is 3.15. The van der Waals surface area contributed by atoms with E-state index in [1.165, 1.54) is 0 Å². The molecular weight excluding hydrogens is 238 g/mol. The molecule has 0 saturated carbocycles. The van der Waals surface area contributed by atoms with Crippen LogP contribution in [0.5, 0.6) is 0 Å². The van der Waals surface area contributed by atoms with Gasteiger partial charge in [0.2, 0.25) is 9.05 Å². The van der Waals surface area contributed by atoms with E-state index < -0.39 is 9.05 Å². The van der Waals surface area contributed by atoms with Gasteiger partial charge in [-0.25, -0.2) is 8.42 Å². The smallest absolute Gasteiger partial charge is 0.232 e. The van der Waals surface area contributed by atoms with Gasteiger partial charge in [0.05, 0.1) is 18.2 Å². The second kappa shape index (κ2) is 3.83. The van der Waals surface area contributed by atoms with E-state index in [0.717, 1.165) is 5.39 Å². The Kier molecular flexibility index (Phi) is 2.67. The van der Waals surface area contributed by atoms with Crippen LogP contribution in [0.15, 0.2) is 29.0 Å². The van der Waals surface area contributed by atoms with Gasteiger partial charge in [0.25, 0.3) is 0 Å². The molecule has 0 spiro atoms. The fourth-order valence-electron chi connectivity index (χ4n) is 1.28. The molecular formula is C9H8ClNO3S. The molecule has 0 bridgehead atoms. The Morgan fingerprint density at radius 2 is 2.27 bits per heavy atom. The number of furan rings is 1. The zero-order valence-corrected chi connectivity index (χ0v) is 9.25. The summed E-state index contributed by atoms with van der Waals surface area (Å²) >= 11 is 0. The molecule has 2 aromatic heterocycles. The van der Waals surface area contributed by atoms with Gasteiger partial charge in [-0.3, -0.25) is 4.98 Å². The molecule has 0 fully saturated rings. The quantitative estimate of drug-likeness (QED) is 0.776. The van der Waals surface area contributed by atoms with Crippen LogP contribution in [-0.2, 0) is 15.5 Å². The van der Waals surface area contributed by atoms with E-state index in [1.54, 1.807) is 24.6 Å². The first-order valence-corrected chi connectivity index (χ1v) is 6.77. The maximum atomic E-state index is 10.7. The van der Waals surface area contributed by atoms with Gasteiger partial charge < -0.3 is 4.42 Å². The van der Waals surface area contributed by atoms with Crippen molar-refractivity contribution in [1.82, 2.24) is 4.98 Å². The van der Waals surface area contributed by atoms with Gasteiger partial charge in [0.1, 0.15) is 0 Å². The average molecular weight is 246 g/mol. The van der Waals surface area contributed by atoms with E-state index in [4.69, 9.17) is 15.1 Å². The normalized spacial score (nSPS) is 12.1. The SMILES string of the molecule is O=S(=O)(Cl)CCc1cc2ccoc2cn1. The summed E-state index contributed by atoms with van der Waals surface area (Å²) in [6.07, 6.45) is 3.45. The van der Waals surface area contributed by atoms with Crippen LogP contribution >= 0.6 is 10.7 Å². The number of nitrogens with zero attached hydrogens (tertiary/aromatic N) is 1. The number of aromatic nitrogens is 1. The number of hydrogen-bond donors (Lipinski definition) is 0. The first-order chi connectivity index (χ1) is 7.04. The van der Waals surface area contributed by atoms with E-state index in [0.29, 0.717) is 17.7 Å². The van der Waals surface area contributed by atoms with Crippen LogP contribution in [0, 0.1) is 0 Å². The largest absolute Gasteiger partial charge is 0.463 e. The van der Waals surface area contributed by atoms with Gasteiger partial charge in [-0.15, -0.1) is 0 Å². The number of pyridine rings is 1. The summed E-state index contributed by atoms with van der Waals surface area (Å²) < 4.78 is 26.6. The topological polar surface area (TPSA) is 60.2 Å². The predicted octanol–water partition coefficient (Wildman–Crippen LogP) is 1.94. The van der Waals surface area contributed by atoms with Crippen molar-refractivity contribution in [2.24, 2.45) is 0 Å². The Hall–Kier alpha value is -1.07.